The maximum atomic E-state index is 12.2. The second-order valence-electron chi connectivity index (χ2n) is 11.2. The predicted molar refractivity (Wildman–Crippen MR) is 174 cm³/mol. The minimum absolute atomic E-state index is 0.00305. The maximum Gasteiger partial charge on any atom is 0.326 e. The van der Waals surface area contributed by atoms with Crippen LogP contribution in [-0.2, 0) is 42.9 Å². The van der Waals surface area contributed by atoms with E-state index in [0.717, 1.165) is 19.3 Å². The van der Waals surface area contributed by atoms with Gasteiger partial charge < -0.3 is 40.0 Å². The van der Waals surface area contributed by atoms with E-state index in [1.54, 1.807) is 6.29 Å². The van der Waals surface area contributed by atoms with Crippen LogP contribution in [-0.4, -0.2) is 107 Å². The van der Waals surface area contributed by atoms with Crippen molar-refractivity contribution in [1.82, 2.24) is 16.0 Å². The summed E-state index contributed by atoms with van der Waals surface area (Å²) in [7, 11) is 0. The van der Waals surface area contributed by atoms with Gasteiger partial charge in [-0.3, -0.25) is 19.2 Å². The molecule has 0 spiro atoms. The Bertz CT molecular complexity index is 785. The molecule has 46 heavy (non-hydrogen) atoms. The summed E-state index contributed by atoms with van der Waals surface area (Å²) in [6, 6.07) is -1.11. The fourth-order valence-corrected chi connectivity index (χ4v) is 4.49. The second-order valence-corrected chi connectivity index (χ2v) is 11.2. The van der Waals surface area contributed by atoms with Crippen molar-refractivity contribution in [2.24, 2.45) is 0 Å². The number of aliphatic carboxylic acids is 1. The second kappa shape index (κ2) is 33.7. The van der Waals surface area contributed by atoms with Gasteiger partial charge in [-0.2, -0.15) is 0 Å². The lowest BCUT2D eigenvalue weighted by atomic mass is 10.0. The lowest BCUT2D eigenvalue weighted by molar-refractivity contribution is -0.142. The predicted octanol–water partition coefficient (Wildman–Crippen LogP) is 3.23. The highest BCUT2D eigenvalue weighted by Crippen LogP contribution is 2.13. The lowest BCUT2D eigenvalue weighted by Crippen LogP contribution is -2.41. The Labute approximate surface area is 275 Å². The summed E-state index contributed by atoms with van der Waals surface area (Å²) in [6.07, 6.45) is 17.6. The normalized spacial score (nSPS) is 11.6. The van der Waals surface area contributed by atoms with Crippen LogP contribution in [0.4, 0.5) is 0 Å². The molecule has 0 rings (SSSR count). The van der Waals surface area contributed by atoms with Crippen LogP contribution in [0.3, 0.4) is 0 Å². The zero-order chi connectivity index (χ0) is 33.9. The first-order chi connectivity index (χ1) is 22.4. The highest BCUT2D eigenvalue weighted by atomic mass is 16.5. The third-order valence-electron chi connectivity index (χ3n) is 7.08. The average Bonchev–Trinajstić information content (AvgIpc) is 3.03. The Morgan fingerprint density at radius 2 is 1.11 bits per heavy atom. The summed E-state index contributed by atoms with van der Waals surface area (Å²) in [5.41, 5.74) is 0. The van der Waals surface area contributed by atoms with Gasteiger partial charge in [-0.15, -0.1) is 0 Å². The van der Waals surface area contributed by atoms with Crippen LogP contribution >= 0.6 is 0 Å². The van der Waals surface area contributed by atoms with Crippen LogP contribution in [0.1, 0.15) is 110 Å². The number of hydrogen-bond donors (Lipinski definition) is 4. The molecule has 4 N–H and O–H groups in total. The molecule has 3 amide bonds. The molecule has 0 saturated carbocycles. The molecule has 0 saturated heterocycles. The van der Waals surface area contributed by atoms with Gasteiger partial charge in [0.1, 0.15) is 19.3 Å². The molecule has 13 nitrogen and oxygen atoms in total. The summed E-state index contributed by atoms with van der Waals surface area (Å²) in [6.45, 7) is 4.13. The monoisotopic (exact) mass is 658 g/mol. The van der Waals surface area contributed by atoms with E-state index in [4.69, 9.17) is 18.9 Å². The number of ether oxygens (including phenoxy) is 4. The number of nitrogens with one attached hydrogen (secondary N) is 3. The zero-order valence-corrected chi connectivity index (χ0v) is 28.1. The summed E-state index contributed by atoms with van der Waals surface area (Å²) < 4.78 is 20.7. The van der Waals surface area contributed by atoms with Crippen molar-refractivity contribution in [1.29, 1.82) is 0 Å². The van der Waals surface area contributed by atoms with Crippen LogP contribution in [0.2, 0.25) is 0 Å². The van der Waals surface area contributed by atoms with Crippen molar-refractivity contribution in [3.63, 3.8) is 0 Å². The van der Waals surface area contributed by atoms with Gasteiger partial charge in [-0.25, -0.2) is 4.79 Å². The van der Waals surface area contributed by atoms with Crippen LogP contribution in [0.5, 0.6) is 0 Å². The number of rotatable bonds is 35. The van der Waals surface area contributed by atoms with Crippen LogP contribution in [0.15, 0.2) is 0 Å². The van der Waals surface area contributed by atoms with Crippen molar-refractivity contribution in [2.45, 2.75) is 116 Å². The first kappa shape index (κ1) is 43.4. The molecule has 0 aliphatic heterocycles. The van der Waals surface area contributed by atoms with Gasteiger partial charge in [0.2, 0.25) is 24.0 Å². The largest absolute Gasteiger partial charge is 0.480 e. The molecule has 0 heterocycles. The molecule has 0 bridgehead atoms. The Kier molecular flexibility index (Phi) is 31.8. The Hall–Kier alpha value is -2.61. The van der Waals surface area contributed by atoms with Gasteiger partial charge in [0.05, 0.1) is 39.6 Å². The molecule has 0 unspecified atom stereocenters. The van der Waals surface area contributed by atoms with E-state index >= 15 is 0 Å². The minimum atomic E-state index is -1.16. The van der Waals surface area contributed by atoms with E-state index in [1.165, 1.54) is 64.2 Å². The maximum absolute atomic E-state index is 12.2. The standard InChI is InChI=1S/C33H60N3O10/c1-2-3-4-5-6-7-8-9-10-11-12-13-14-15-31(39)36-29(33(41)42)16-17-30(38)34-18-21-44-26-27-46-28-32(40)35-19-22-43-24-25-45-23-20-37/h29H,2-19,21-28H2,1H3,(H,34,38)(H,35,40)(H,36,39)(H,41,42)/t29-/m0/s1. The molecule has 0 aromatic rings. The van der Waals surface area contributed by atoms with Crippen LogP contribution in [0.25, 0.3) is 0 Å². The molecule has 0 aromatic heterocycles. The fraction of sp³-hybridized carbons (Fsp3) is 0.848. The van der Waals surface area contributed by atoms with Crippen molar-refractivity contribution in [3.8, 4) is 0 Å². The van der Waals surface area contributed by atoms with E-state index in [9.17, 15) is 29.1 Å². The van der Waals surface area contributed by atoms with Crippen LogP contribution in [0, 0.1) is 0 Å². The smallest absolute Gasteiger partial charge is 0.326 e. The number of carboxylic acid groups (broad SMARTS) is 1. The van der Waals surface area contributed by atoms with Crippen molar-refractivity contribution in [2.75, 3.05) is 65.9 Å². The molecular weight excluding hydrogens is 598 g/mol. The van der Waals surface area contributed by atoms with Crippen molar-refractivity contribution in [3.05, 3.63) is 0 Å². The van der Waals surface area contributed by atoms with Gasteiger partial charge >= 0.3 is 5.97 Å². The molecule has 0 fully saturated rings. The van der Waals surface area contributed by atoms with E-state index < -0.39 is 12.0 Å². The number of hydrogen-bond acceptors (Lipinski definition) is 9. The lowest BCUT2D eigenvalue weighted by Gasteiger charge is -2.14. The SMILES string of the molecule is CCCCCCCCCCCCCCCC(=O)N[C@@H](CCC(=O)NCCOCCOCC(=O)NCCOCCOC[C]=O)C(=O)O. The Balaban J connectivity index is 3.69. The number of unbranched alkanes of at least 4 members (excludes halogenated alkanes) is 12. The van der Waals surface area contributed by atoms with E-state index in [-0.39, 0.29) is 83.2 Å². The molecule has 13 heteroatoms. The summed E-state index contributed by atoms with van der Waals surface area (Å²) >= 11 is 0. The summed E-state index contributed by atoms with van der Waals surface area (Å²) in [5.74, 6) is -2.08. The summed E-state index contributed by atoms with van der Waals surface area (Å²) in [5, 5.41) is 17.3. The fourth-order valence-electron chi connectivity index (χ4n) is 4.49. The third kappa shape index (κ3) is 31.4. The van der Waals surface area contributed by atoms with E-state index in [1.807, 2.05) is 0 Å². The number of carboxylic acids is 1. The minimum Gasteiger partial charge on any atom is -0.480 e. The zero-order valence-electron chi connectivity index (χ0n) is 28.1. The van der Waals surface area contributed by atoms with Gasteiger partial charge in [0, 0.05) is 25.9 Å². The van der Waals surface area contributed by atoms with Gasteiger partial charge in [0.25, 0.3) is 0 Å². The van der Waals surface area contributed by atoms with Gasteiger partial charge in [-0.1, -0.05) is 84.0 Å². The highest BCUT2D eigenvalue weighted by Gasteiger charge is 2.20. The number of carbonyl (C=O) groups is 4. The highest BCUT2D eigenvalue weighted by molar-refractivity contribution is 5.84. The molecule has 0 aromatic carbocycles. The van der Waals surface area contributed by atoms with Crippen molar-refractivity contribution < 1.29 is 48.0 Å². The first-order valence-corrected chi connectivity index (χ1v) is 17.1. The molecule has 1 atom stereocenters. The molecule has 267 valence electrons. The molecule has 0 aliphatic carbocycles. The Morgan fingerprint density at radius 1 is 0.609 bits per heavy atom. The molecular formula is C33H60N3O10. The molecule has 0 aliphatic rings. The first-order valence-electron chi connectivity index (χ1n) is 17.1. The molecule has 1 radical (unpaired) electrons. The van der Waals surface area contributed by atoms with Gasteiger partial charge in [-0.05, 0) is 12.8 Å². The van der Waals surface area contributed by atoms with E-state index in [2.05, 4.69) is 22.9 Å². The quantitative estimate of drug-likeness (QED) is 0.0739. The number of amides is 3. The van der Waals surface area contributed by atoms with Crippen LogP contribution < -0.4 is 16.0 Å². The average molecular weight is 659 g/mol. The summed E-state index contributed by atoms with van der Waals surface area (Å²) in [4.78, 5) is 57.5. The van der Waals surface area contributed by atoms with Gasteiger partial charge in [0.15, 0.2) is 0 Å². The van der Waals surface area contributed by atoms with Crippen molar-refractivity contribution >= 4 is 30.0 Å². The number of carbonyl (C=O) groups excluding carboxylic acids is 4. The van der Waals surface area contributed by atoms with E-state index in [0.29, 0.717) is 19.8 Å². The topological polar surface area (TPSA) is 179 Å². The Morgan fingerprint density at radius 3 is 1.65 bits per heavy atom. The third-order valence-corrected chi connectivity index (χ3v) is 7.08.